The average Bonchev–Trinajstić information content (AvgIpc) is 3.58. The fraction of sp³-hybridized carbons (Fsp3) is 0.622. The van der Waals surface area contributed by atoms with Gasteiger partial charge in [0, 0.05) is 16.5 Å². The second kappa shape index (κ2) is 8.71. The molecule has 2 aromatic rings. The molecule has 0 fully saturated rings. The zero-order valence-electron chi connectivity index (χ0n) is 27.5. The smallest absolute Gasteiger partial charge is 0.216 e. The van der Waals surface area contributed by atoms with Gasteiger partial charge in [-0.3, -0.25) is 0 Å². The summed E-state index contributed by atoms with van der Waals surface area (Å²) >= 11 is 0. The number of ether oxygens (including phenoxy) is 2. The van der Waals surface area contributed by atoms with E-state index in [1.54, 1.807) is 0 Å². The first kappa shape index (κ1) is 28.5. The lowest BCUT2D eigenvalue weighted by Crippen LogP contribution is -2.30. The third-order valence-corrected chi connectivity index (χ3v) is 10.2. The predicted octanol–water partition coefficient (Wildman–Crippen LogP) is 8.34. The van der Waals surface area contributed by atoms with Gasteiger partial charge in [-0.2, -0.15) is 0 Å². The van der Waals surface area contributed by atoms with Crippen LogP contribution in [0.4, 0.5) is 0 Å². The second-order valence-electron chi connectivity index (χ2n) is 16.9. The molecule has 0 unspecified atom stereocenters. The van der Waals surface area contributed by atoms with Crippen LogP contribution < -0.4 is 0 Å². The third kappa shape index (κ3) is 4.38. The van der Waals surface area contributed by atoms with E-state index in [9.17, 15) is 0 Å². The van der Waals surface area contributed by atoms with Gasteiger partial charge in [-0.05, 0) is 82.7 Å². The summed E-state index contributed by atoms with van der Waals surface area (Å²) in [4.78, 5) is 10.5. The molecule has 0 saturated carbocycles. The first-order chi connectivity index (χ1) is 18.8. The third-order valence-electron chi connectivity index (χ3n) is 10.2. The van der Waals surface area contributed by atoms with Crippen molar-refractivity contribution in [1.82, 2.24) is 0 Å². The highest BCUT2D eigenvalue weighted by Crippen LogP contribution is 2.64. The van der Waals surface area contributed by atoms with Crippen LogP contribution in [0, 0.1) is 24.7 Å². The van der Waals surface area contributed by atoms with Gasteiger partial charge >= 0.3 is 0 Å². The van der Waals surface area contributed by atoms with Crippen LogP contribution in [-0.4, -0.2) is 37.1 Å². The average molecular weight is 555 g/mol. The molecule has 4 aliphatic rings. The molecular formula is C37H50N2O2. The van der Waals surface area contributed by atoms with Crippen molar-refractivity contribution in [3.8, 4) is 0 Å². The lowest BCUT2D eigenvalue weighted by Gasteiger charge is -2.33. The molecule has 41 heavy (non-hydrogen) atoms. The largest absolute Gasteiger partial charge is 0.475 e. The summed E-state index contributed by atoms with van der Waals surface area (Å²) < 4.78 is 12.9. The lowest BCUT2D eigenvalue weighted by atomic mass is 9.70. The summed E-state index contributed by atoms with van der Waals surface area (Å²) in [6, 6.07) is 9.85. The first-order valence-electron chi connectivity index (χ1n) is 15.6. The van der Waals surface area contributed by atoms with E-state index in [-0.39, 0.29) is 39.2 Å². The maximum Gasteiger partial charge on any atom is 0.216 e. The van der Waals surface area contributed by atoms with Gasteiger partial charge in [-0.15, -0.1) is 0 Å². The van der Waals surface area contributed by atoms with E-state index < -0.39 is 0 Å². The summed E-state index contributed by atoms with van der Waals surface area (Å²) in [7, 11) is 0. The van der Waals surface area contributed by atoms with Crippen LogP contribution >= 0.6 is 0 Å². The van der Waals surface area contributed by atoms with Crippen LogP contribution in [-0.2, 0) is 25.7 Å². The molecule has 2 aliphatic carbocycles. The first-order valence-corrected chi connectivity index (χ1v) is 15.6. The van der Waals surface area contributed by atoms with Gasteiger partial charge in [0.2, 0.25) is 11.8 Å². The van der Waals surface area contributed by atoms with Crippen molar-refractivity contribution in [3.05, 3.63) is 68.8 Å². The normalized spacial score (nSPS) is 25.5. The van der Waals surface area contributed by atoms with Crippen molar-refractivity contribution in [2.45, 2.75) is 124 Å². The van der Waals surface area contributed by atoms with Crippen LogP contribution in [0.2, 0.25) is 0 Å². The van der Waals surface area contributed by atoms with Crippen molar-refractivity contribution < 1.29 is 9.47 Å². The molecule has 0 N–H and O–H groups in total. The van der Waals surface area contributed by atoms with E-state index >= 15 is 0 Å². The fourth-order valence-corrected chi connectivity index (χ4v) is 8.18. The molecule has 0 amide bonds. The van der Waals surface area contributed by atoms with E-state index in [0.29, 0.717) is 13.2 Å². The van der Waals surface area contributed by atoms with E-state index in [1.165, 1.54) is 44.5 Å². The molecule has 2 heterocycles. The number of rotatable bonds is 2. The summed E-state index contributed by atoms with van der Waals surface area (Å²) in [6.07, 6.45) is 2.09. The Balaban J connectivity index is 1.64. The second-order valence-corrected chi connectivity index (χ2v) is 16.9. The number of nitrogens with zero attached hydrogens (tertiary/aromatic N) is 2. The van der Waals surface area contributed by atoms with Gasteiger partial charge in [0.15, 0.2) is 0 Å². The van der Waals surface area contributed by atoms with Crippen molar-refractivity contribution in [3.63, 3.8) is 0 Å². The minimum absolute atomic E-state index is 0.00479. The SMILES string of the molecule is Cc1cc(C2=N[C@@H](C(C)(C)C)CO2)c2c(c1)C(C)(C)CC21CC(C)(C)c2cc(C)cc(C3=N[C@@H](C(C)(C)C)CO3)c21. The molecule has 1 spiro atoms. The van der Waals surface area contributed by atoms with Crippen LogP contribution in [0.3, 0.4) is 0 Å². The van der Waals surface area contributed by atoms with E-state index in [4.69, 9.17) is 19.5 Å². The molecule has 0 radical (unpaired) electrons. The number of hydrogen-bond acceptors (Lipinski definition) is 4. The van der Waals surface area contributed by atoms with Crippen LogP contribution in [0.25, 0.3) is 0 Å². The number of hydrogen-bond donors (Lipinski definition) is 0. The highest BCUT2D eigenvalue weighted by molar-refractivity contribution is 6.01. The zero-order valence-corrected chi connectivity index (χ0v) is 27.5. The summed E-state index contributed by atoms with van der Waals surface area (Å²) in [5.41, 5.74) is 10.6. The van der Waals surface area contributed by atoms with Crippen molar-refractivity contribution in [1.29, 1.82) is 0 Å². The minimum atomic E-state index is -0.179. The molecule has 6 rings (SSSR count). The lowest BCUT2D eigenvalue weighted by molar-refractivity contribution is 0.235. The molecule has 220 valence electrons. The Morgan fingerprint density at radius 1 is 0.634 bits per heavy atom. The van der Waals surface area contributed by atoms with Gasteiger partial charge in [-0.25, -0.2) is 9.98 Å². The molecule has 4 nitrogen and oxygen atoms in total. The highest BCUT2D eigenvalue weighted by Gasteiger charge is 2.59. The fourth-order valence-electron chi connectivity index (χ4n) is 8.18. The van der Waals surface area contributed by atoms with Gasteiger partial charge < -0.3 is 9.47 Å². The van der Waals surface area contributed by atoms with Crippen LogP contribution in [0.5, 0.6) is 0 Å². The summed E-state index contributed by atoms with van der Waals surface area (Å²) in [5.74, 6) is 1.65. The summed E-state index contributed by atoms with van der Waals surface area (Å²) in [6.45, 7) is 29.0. The van der Waals surface area contributed by atoms with Crippen molar-refractivity contribution in [2.75, 3.05) is 13.2 Å². The summed E-state index contributed by atoms with van der Waals surface area (Å²) in [5, 5.41) is 0. The molecule has 2 aromatic carbocycles. The van der Waals surface area contributed by atoms with E-state index in [1.807, 2.05) is 0 Å². The highest BCUT2D eigenvalue weighted by atomic mass is 16.5. The van der Waals surface area contributed by atoms with Gasteiger partial charge in [0.25, 0.3) is 0 Å². The monoisotopic (exact) mass is 554 g/mol. The van der Waals surface area contributed by atoms with Gasteiger partial charge in [0.05, 0.1) is 12.1 Å². The Morgan fingerprint density at radius 3 is 1.32 bits per heavy atom. The number of aryl methyl sites for hydroxylation is 2. The minimum Gasteiger partial charge on any atom is -0.475 e. The molecule has 4 heteroatoms. The van der Waals surface area contributed by atoms with Crippen LogP contribution in [0.15, 0.2) is 34.3 Å². The van der Waals surface area contributed by atoms with Gasteiger partial charge in [0.1, 0.15) is 13.2 Å². The molecule has 2 aliphatic heterocycles. The predicted molar refractivity (Wildman–Crippen MR) is 170 cm³/mol. The number of fused-ring (bicyclic) bond motifs is 4. The topological polar surface area (TPSA) is 43.2 Å². The van der Waals surface area contributed by atoms with Crippen LogP contribution in [0.1, 0.15) is 127 Å². The molecule has 0 bridgehead atoms. The standard InChI is InChI=1S/C37H50N2O2/c1-21-13-23(31-38-27(17-40-31)33(3,4)5)29-25(15-21)35(9,10)19-37(29)20-36(11,12)26-16-22(2)14-24(30(26)37)32-39-28(18-41-32)34(6,7)8/h13-16,27-28H,17-20H2,1-12H3/t27-,28-,37?/m1/s1. The Kier molecular flexibility index (Phi) is 6.05. The van der Waals surface area contributed by atoms with Gasteiger partial charge in [-0.1, -0.05) is 92.5 Å². The van der Waals surface area contributed by atoms with Crippen molar-refractivity contribution in [2.24, 2.45) is 20.8 Å². The quantitative estimate of drug-likeness (QED) is 0.374. The molecular weight excluding hydrogens is 504 g/mol. The van der Waals surface area contributed by atoms with Crippen molar-refractivity contribution >= 4 is 11.8 Å². The Bertz CT molecular complexity index is 1380. The van der Waals surface area contributed by atoms with E-state index in [0.717, 1.165) is 24.6 Å². The maximum absolute atomic E-state index is 6.47. The Morgan fingerprint density at radius 2 is 1.00 bits per heavy atom. The van der Waals surface area contributed by atoms with E-state index in [2.05, 4.69) is 107 Å². The number of benzene rings is 2. The maximum atomic E-state index is 6.47. The molecule has 2 atom stereocenters. The molecule has 0 aromatic heterocycles. The molecule has 0 saturated heterocycles. The number of aliphatic imine (C=N–C) groups is 2. The zero-order chi connectivity index (χ0) is 29.9. The Labute approximate surface area is 248 Å². The Hall–Kier alpha value is -2.62.